The number of H-pyrrole nitrogens is 2. The third-order valence-electron chi connectivity index (χ3n) is 6.32. The van der Waals surface area contributed by atoms with Crippen LogP contribution in [-0.4, -0.2) is 15.2 Å². The van der Waals surface area contributed by atoms with Crippen molar-refractivity contribution in [3.05, 3.63) is 83.6 Å². The van der Waals surface area contributed by atoms with Gasteiger partial charge in [-0.15, -0.1) is 0 Å². The summed E-state index contributed by atoms with van der Waals surface area (Å²) in [4.78, 5) is 3.24. The van der Waals surface area contributed by atoms with Gasteiger partial charge in [-0.05, 0) is 78.9 Å². The molecule has 0 saturated heterocycles. The number of fused-ring (bicyclic) bond motifs is 3. The van der Waals surface area contributed by atoms with Crippen LogP contribution in [0.5, 0.6) is 0 Å². The maximum Gasteiger partial charge on any atom is 0.1000 e. The first-order valence-corrected chi connectivity index (χ1v) is 10.6. The molecule has 0 amide bonds. The quantitative estimate of drug-likeness (QED) is 0.342. The van der Waals surface area contributed by atoms with Crippen molar-refractivity contribution in [3.8, 4) is 17.3 Å². The van der Waals surface area contributed by atoms with E-state index >= 15 is 0 Å². The van der Waals surface area contributed by atoms with Gasteiger partial charge in [0.25, 0.3) is 0 Å². The van der Waals surface area contributed by atoms with Crippen molar-refractivity contribution in [2.45, 2.75) is 25.3 Å². The molecule has 0 fully saturated rings. The summed E-state index contributed by atoms with van der Waals surface area (Å²) in [6.07, 6.45) is 5.20. The van der Waals surface area contributed by atoms with Crippen LogP contribution in [0.4, 0.5) is 5.69 Å². The Balaban J connectivity index is 1.36. The number of anilines is 1. The molecule has 1 aliphatic carbocycles. The third kappa shape index (κ3) is 3.04. The Hall–Kier alpha value is -4.04. The summed E-state index contributed by atoms with van der Waals surface area (Å²) in [6, 6.07) is 23.4. The van der Waals surface area contributed by atoms with Crippen molar-refractivity contribution in [1.29, 1.82) is 5.26 Å². The van der Waals surface area contributed by atoms with Crippen LogP contribution in [0, 0.1) is 11.3 Å². The molecule has 5 nitrogen and oxygen atoms in total. The second-order valence-electron chi connectivity index (χ2n) is 8.23. The molecule has 3 aromatic carbocycles. The fourth-order valence-electron chi connectivity index (χ4n) is 4.76. The number of nitrogens with one attached hydrogen (secondary N) is 3. The van der Waals surface area contributed by atoms with E-state index in [-0.39, 0.29) is 6.04 Å². The van der Waals surface area contributed by atoms with E-state index in [0.29, 0.717) is 0 Å². The van der Waals surface area contributed by atoms with Crippen LogP contribution in [-0.2, 0) is 6.42 Å². The van der Waals surface area contributed by atoms with Crippen molar-refractivity contribution in [2.24, 2.45) is 0 Å². The predicted octanol–water partition coefficient (Wildman–Crippen LogP) is 6.07. The van der Waals surface area contributed by atoms with E-state index < -0.39 is 0 Å². The van der Waals surface area contributed by atoms with Crippen LogP contribution >= 0.6 is 0 Å². The van der Waals surface area contributed by atoms with E-state index in [2.05, 4.69) is 75.1 Å². The van der Waals surface area contributed by atoms with Crippen LogP contribution in [0.15, 0.2) is 66.9 Å². The van der Waals surface area contributed by atoms with Gasteiger partial charge >= 0.3 is 0 Å². The van der Waals surface area contributed by atoms with Gasteiger partial charge in [0.05, 0.1) is 28.9 Å². The number of rotatable bonds is 3. The van der Waals surface area contributed by atoms with E-state index in [1.54, 1.807) is 0 Å². The maximum atomic E-state index is 9.21. The van der Waals surface area contributed by atoms with Crippen LogP contribution in [0.1, 0.15) is 35.6 Å². The number of hydrogen-bond donors (Lipinski definition) is 3. The van der Waals surface area contributed by atoms with Gasteiger partial charge in [0.2, 0.25) is 0 Å². The van der Waals surface area contributed by atoms with E-state index in [1.807, 2.05) is 18.3 Å². The number of nitriles is 1. The summed E-state index contributed by atoms with van der Waals surface area (Å²) < 4.78 is 0. The summed E-state index contributed by atoms with van der Waals surface area (Å²) >= 11 is 0. The number of benzene rings is 3. The minimum absolute atomic E-state index is 0.250. The first-order valence-electron chi connectivity index (χ1n) is 10.6. The Morgan fingerprint density at radius 1 is 1.00 bits per heavy atom. The summed E-state index contributed by atoms with van der Waals surface area (Å²) in [5, 5.41) is 23.0. The van der Waals surface area contributed by atoms with Gasteiger partial charge in [0.15, 0.2) is 0 Å². The molecular weight excluding hydrogens is 382 g/mol. The van der Waals surface area contributed by atoms with Crippen LogP contribution in [0.2, 0.25) is 0 Å². The lowest BCUT2D eigenvalue weighted by atomic mass is 9.86. The zero-order valence-corrected chi connectivity index (χ0v) is 16.9. The topological polar surface area (TPSA) is 80.3 Å². The lowest BCUT2D eigenvalue weighted by Gasteiger charge is -2.27. The van der Waals surface area contributed by atoms with E-state index in [9.17, 15) is 5.26 Å². The summed E-state index contributed by atoms with van der Waals surface area (Å²) in [5.74, 6) is 0. The molecule has 3 N–H and O–H groups in total. The Morgan fingerprint density at radius 2 is 1.94 bits per heavy atom. The van der Waals surface area contributed by atoms with Crippen LogP contribution < -0.4 is 5.32 Å². The summed E-state index contributed by atoms with van der Waals surface area (Å²) in [6.45, 7) is 0. The van der Waals surface area contributed by atoms with Crippen molar-refractivity contribution < 1.29 is 0 Å². The molecule has 0 spiro atoms. The van der Waals surface area contributed by atoms with Gasteiger partial charge in [0.1, 0.15) is 0 Å². The smallest absolute Gasteiger partial charge is 0.1000 e. The summed E-state index contributed by atoms with van der Waals surface area (Å²) in [7, 11) is 0. The van der Waals surface area contributed by atoms with E-state index in [1.165, 1.54) is 16.5 Å². The van der Waals surface area contributed by atoms with Gasteiger partial charge in [-0.2, -0.15) is 10.4 Å². The minimum atomic E-state index is 0.250. The van der Waals surface area contributed by atoms with Crippen molar-refractivity contribution in [3.63, 3.8) is 0 Å². The highest BCUT2D eigenvalue weighted by atomic mass is 15.1. The second-order valence-corrected chi connectivity index (χ2v) is 8.23. The highest BCUT2D eigenvalue weighted by molar-refractivity contribution is 5.97. The normalized spacial score (nSPS) is 15.6. The van der Waals surface area contributed by atoms with Gasteiger partial charge in [-0.1, -0.05) is 12.1 Å². The molecule has 0 radical (unpaired) electrons. The molecule has 0 aliphatic heterocycles. The third-order valence-corrected chi connectivity index (χ3v) is 6.32. The summed E-state index contributed by atoms with van der Waals surface area (Å²) in [5.41, 5.74) is 8.62. The number of aryl methyl sites for hydroxylation is 1. The van der Waals surface area contributed by atoms with Crippen LogP contribution in [0.25, 0.3) is 33.1 Å². The molecule has 6 rings (SSSR count). The molecule has 31 heavy (non-hydrogen) atoms. The zero-order valence-electron chi connectivity index (χ0n) is 16.9. The average molecular weight is 403 g/mol. The fourth-order valence-corrected chi connectivity index (χ4v) is 4.76. The molecule has 0 unspecified atom stereocenters. The maximum absolute atomic E-state index is 9.21. The monoisotopic (exact) mass is 403 g/mol. The molecule has 0 saturated carbocycles. The molecule has 5 heteroatoms. The van der Waals surface area contributed by atoms with Gasteiger partial charge < -0.3 is 10.3 Å². The van der Waals surface area contributed by atoms with E-state index in [0.717, 1.165) is 58.2 Å². The van der Waals surface area contributed by atoms with Gasteiger partial charge in [-0.25, -0.2) is 0 Å². The minimum Gasteiger partial charge on any atom is -0.378 e. The van der Waals surface area contributed by atoms with Crippen LogP contribution in [0.3, 0.4) is 0 Å². The molecule has 1 aliphatic rings. The molecule has 150 valence electrons. The molecule has 2 aromatic heterocycles. The van der Waals surface area contributed by atoms with Crippen molar-refractivity contribution >= 4 is 27.5 Å². The molecule has 2 heterocycles. The number of aromatic amines is 2. The molecule has 1 atom stereocenters. The van der Waals surface area contributed by atoms with Crippen molar-refractivity contribution in [2.75, 3.05) is 5.32 Å². The standard InChI is InChI=1S/C26H21N5/c27-15-16-4-7-21-17(12-16)2-1-3-24(21)29-20-6-9-25-22(14-20)26(31-30-25)19-5-8-23-18(13-19)10-11-28-23/h4-14,24,28-29H,1-3H2,(H,30,31)/t24-/m0/s1. The number of hydrogen-bond acceptors (Lipinski definition) is 3. The largest absolute Gasteiger partial charge is 0.378 e. The highest BCUT2D eigenvalue weighted by Crippen LogP contribution is 2.35. The molecule has 5 aromatic rings. The van der Waals surface area contributed by atoms with Gasteiger partial charge in [0, 0.05) is 33.7 Å². The van der Waals surface area contributed by atoms with Crippen molar-refractivity contribution in [1.82, 2.24) is 15.2 Å². The van der Waals surface area contributed by atoms with E-state index in [4.69, 9.17) is 0 Å². The lowest BCUT2D eigenvalue weighted by molar-refractivity contribution is 0.600. The lowest BCUT2D eigenvalue weighted by Crippen LogP contribution is -2.17. The first-order chi connectivity index (χ1) is 15.3. The first kappa shape index (κ1) is 17.8. The zero-order chi connectivity index (χ0) is 20.8. The number of aromatic nitrogens is 3. The highest BCUT2D eigenvalue weighted by Gasteiger charge is 2.21. The number of nitrogens with zero attached hydrogens (tertiary/aromatic N) is 2. The average Bonchev–Trinajstić information content (AvgIpc) is 3.45. The van der Waals surface area contributed by atoms with Gasteiger partial charge in [-0.3, -0.25) is 5.10 Å². The second kappa shape index (κ2) is 7.03. The Kier molecular flexibility index (Phi) is 4.03. The fraction of sp³-hybridized carbons (Fsp3) is 0.154. The Bertz CT molecular complexity index is 1470. The Morgan fingerprint density at radius 3 is 2.87 bits per heavy atom. The molecular formula is C26H21N5. The molecule has 0 bridgehead atoms. The SMILES string of the molecule is N#Cc1ccc2c(c1)CCC[C@@H]2Nc1ccc2[nH]nc(-c3ccc4[nH]ccc4c3)c2c1. The predicted molar refractivity (Wildman–Crippen MR) is 124 cm³/mol. The Labute approximate surface area is 179 Å².